The van der Waals surface area contributed by atoms with E-state index >= 15 is 0 Å². The summed E-state index contributed by atoms with van der Waals surface area (Å²) in [5.41, 5.74) is -0.623. The van der Waals surface area contributed by atoms with Gasteiger partial charge in [0.1, 0.15) is 24.7 Å². The zero-order valence-electron chi connectivity index (χ0n) is 17.6. The van der Waals surface area contributed by atoms with Crippen molar-refractivity contribution >= 4 is 40.6 Å². The van der Waals surface area contributed by atoms with E-state index in [0.29, 0.717) is 34.0 Å². The maximum Gasteiger partial charge on any atom is 0.416 e. The van der Waals surface area contributed by atoms with Gasteiger partial charge in [-0.25, -0.2) is 0 Å². The average Bonchev–Trinajstić information content (AvgIpc) is 3.05. The van der Waals surface area contributed by atoms with E-state index in [1.165, 1.54) is 13.2 Å². The van der Waals surface area contributed by atoms with E-state index in [0.717, 1.165) is 12.1 Å². The first kappa shape index (κ1) is 24.7. The number of hydrogen-bond acceptors (Lipinski definition) is 6. The first-order chi connectivity index (χ1) is 16.1. The standard InChI is InChI=1S/C23H17F3N2O5S/c1-3-10-33-16-7-4-14(5-8-16)11-19-21(30)28(22(31)34-19)13-20(29)27-17-12-15(23(24,25)26)6-9-18(17)32-2/h1,4-9,11-12H,10,13H2,2H3,(H,27,29)/b19-11-. The van der Waals surface area contributed by atoms with Crippen molar-refractivity contribution in [2.24, 2.45) is 0 Å². The number of halogens is 3. The molecule has 1 fully saturated rings. The third kappa shape index (κ3) is 5.90. The summed E-state index contributed by atoms with van der Waals surface area (Å²) in [6.07, 6.45) is 1.98. The molecule has 34 heavy (non-hydrogen) atoms. The van der Waals surface area contributed by atoms with Gasteiger partial charge in [0.05, 0.1) is 23.3 Å². The molecule has 2 aromatic rings. The summed E-state index contributed by atoms with van der Waals surface area (Å²) in [4.78, 5) is 38.2. The average molecular weight is 490 g/mol. The van der Waals surface area contributed by atoms with Crippen LogP contribution in [0, 0.1) is 12.3 Å². The van der Waals surface area contributed by atoms with Crippen LogP contribution in [0.15, 0.2) is 47.4 Å². The van der Waals surface area contributed by atoms with Gasteiger partial charge in [-0.2, -0.15) is 13.2 Å². The number of carbonyl (C=O) groups is 3. The van der Waals surface area contributed by atoms with Gasteiger partial charge >= 0.3 is 6.18 Å². The molecule has 0 aliphatic carbocycles. The lowest BCUT2D eigenvalue weighted by Crippen LogP contribution is -2.36. The molecule has 0 atom stereocenters. The Bertz CT molecular complexity index is 1190. The van der Waals surface area contributed by atoms with E-state index in [-0.39, 0.29) is 22.9 Å². The molecule has 0 unspecified atom stereocenters. The van der Waals surface area contributed by atoms with Crippen molar-refractivity contribution in [2.45, 2.75) is 6.18 Å². The normalized spacial score (nSPS) is 14.8. The number of anilines is 1. The first-order valence-corrected chi connectivity index (χ1v) is 10.4. The number of terminal acetylenes is 1. The number of rotatable bonds is 7. The second-order valence-corrected chi connectivity index (χ2v) is 7.78. The van der Waals surface area contributed by atoms with E-state index in [4.69, 9.17) is 15.9 Å². The van der Waals surface area contributed by atoms with Crippen LogP contribution in [-0.4, -0.2) is 42.2 Å². The van der Waals surface area contributed by atoms with E-state index < -0.39 is 35.3 Å². The molecule has 0 radical (unpaired) electrons. The highest BCUT2D eigenvalue weighted by Crippen LogP contribution is 2.35. The summed E-state index contributed by atoms with van der Waals surface area (Å²) in [7, 11) is 1.23. The summed E-state index contributed by atoms with van der Waals surface area (Å²) in [5.74, 6) is 1.29. The molecule has 1 saturated heterocycles. The van der Waals surface area contributed by atoms with Gasteiger partial charge in [-0.15, -0.1) is 6.42 Å². The summed E-state index contributed by atoms with van der Waals surface area (Å²) >= 11 is 0.644. The zero-order chi connectivity index (χ0) is 24.9. The van der Waals surface area contributed by atoms with Crippen molar-refractivity contribution < 1.29 is 37.0 Å². The third-order valence-electron chi connectivity index (χ3n) is 4.48. The Kier molecular flexibility index (Phi) is 7.53. The number of carbonyl (C=O) groups excluding carboxylic acids is 3. The van der Waals surface area contributed by atoms with E-state index in [1.807, 2.05) is 0 Å². The Hall–Kier alpha value is -3.91. The second-order valence-electron chi connectivity index (χ2n) is 6.79. The summed E-state index contributed by atoms with van der Waals surface area (Å²) < 4.78 is 49.2. The van der Waals surface area contributed by atoms with Gasteiger partial charge in [0.15, 0.2) is 0 Å². The highest BCUT2D eigenvalue weighted by atomic mass is 32.2. The summed E-state index contributed by atoms with van der Waals surface area (Å²) in [5, 5.41) is 1.58. The maximum absolute atomic E-state index is 13.0. The van der Waals surface area contributed by atoms with Crippen molar-refractivity contribution in [3.8, 4) is 23.8 Å². The Morgan fingerprint density at radius 2 is 1.91 bits per heavy atom. The lowest BCUT2D eigenvalue weighted by atomic mass is 10.1. The van der Waals surface area contributed by atoms with Gasteiger partial charge in [0.2, 0.25) is 5.91 Å². The van der Waals surface area contributed by atoms with E-state index in [9.17, 15) is 27.6 Å². The van der Waals surface area contributed by atoms with Crippen molar-refractivity contribution in [1.29, 1.82) is 0 Å². The lowest BCUT2D eigenvalue weighted by molar-refractivity contribution is -0.137. The first-order valence-electron chi connectivity index (χ1n) is 9.59. The molecule has 7 nitrogen and oxygen atoms in total. The van der Waals surface area contributed by atoms with Crippen LogP contribution in [0.1, 0.15) is 11.1 Å². The van der Waals surface area contributed by atoms with Gasteiger partial charge in [-0.1, -0.05) is 18.1 Å². The van der Waals surface area contributed by atoms with Crippen LogP contribution < -0.4 is 14.8 Å². The van der Waals surface area contributed by atoms with Crippen molar-refractivity contribution in [2.75, 3.05) is 25.6 Å². The van der Waals surface area contributed by atoms with Crippen LogP contribution in [0.2, 0.25) is 0 Å². The monoisotopic (exact) mass is 490 g/mol. The highest BCUT2D eigenvalue weighted by molar-refractivity contribution is 8.18. The van der Waals surface area contributed by atoms with Gasteiger partial charge in [-0.05, 0) is 53.7 Å². The minimum absolute atomic E-state index is 0.00921. The fourth-order valence-electron chi connectivity index (χ4n) is 2.89. The molecule has 3 amide bonds. The zero-order valence-corrected chi connectivity index (χ0v) is 18.5. The molecule has 1 N–H and O–H groups in total. The minimum Gasteiger partial charge on any atom is -0.495 e. The minimum atomic E-state index is -4.63. The Labute approximate surface area is 196 Å². The topological polar surface area (TPSA) is 84.9 Å². The molecule has 3 rings (SSSR count). The molecule has 0 saturated carbocycles. The molecule has 176 valence electrons. The smallest absolute Gasteiger partial charge is 0.416 e. The quantitative estimate of drug-likeness (QED) is 0.458. The van der Waals surface area contributed by atoms with Gasteiger partial charge < -0.3 is 14.8 Å². The fraction of sp³-hybridized carbons (Fsp3) is 0.174. The molecule has 0 aromatic heterocycles. The number of nitrogens with one attached hydrogen (secondary N) is 1. The summed E-state index contributed by atoms with van der Waals surface area (Å²) in [6, 6.07) is 9.18. The summed E-state index contributed by atoms with van der Waals surface area (Å²) in [6.45, 7) is -0.576. The van der Waals surface area contributed by atoms with Crippen molar-refractivity contribution in [3.63, 3.8) is 0 Å². The molecule has 1 heterocycles. The second kappa shape index (κ2) is 10.4. The van der Waals surface area contributed by atoms with Crippen LogP contribution in [0.3, 0.4) is 0 Å². The molecule has 1 aliphatic rings. The molecule has 1 aliphatic heterocycles. The van der Waals surface area contributed by atoms with E-state index in [2.05, 4.69) is 11.2 Å². The number of methoxy groups -OCH3 is 1. The highest BCUT2D eigenvalue weighted by Gasteiger charge is 2.36. The van der Waals surface area contributed by atoms with Crippen LogP contribution in [-0.2, 0) is 15.8 Å². The van der Waals surface area contributed by atoms with Gasteiger partial charge in [0, 0.05) is 0 Å². The predicted molar refractivity (Wildman–Crippen MR) is 120 cm³/mol. The number of hydrogen-bond donors (Lipinski definition) is 1. The number of imide groups is 1. The molecule has 0 spiro atoms. The lowest BCUT2D eigenvalue weighted by Gasteiger charge is -2.16. The third-order valence-corrected chi connectivity index (χ3v) is 5.38. The maximum atomic E-state index is 13.0. The number of ether oxygens (including phenoxy) is 2. The van der Waals surface area contributed by atoms with Crippen molar-refractivity contribution in [3.05, 3.63) is 58.5 Å². The molecule has 11 heteroatoms. The fourth-order valence-corrected chi connectivity index (χ4v) is 3.73. The Morgan fingerprint density at radius 3 is 2.53 bits per heavy atom. The van der Waals surface area contributed by atoms with Gasteiger partial charge in [-0.3, -0.25) is 19.3 Å². The number of amides is 3. The SMILES string of the molecule is C#CCOc1ccc(/C=C2\SC(=O)N(CC(=O)Nc3cc(C(F)(F)F)ccc3OC)C2=O)cc1. The molecular formula is C23H17F3N2O5S. The van der Waals surface area contributed by atoms with Crippen molar-refractivity contribution in [1.82, 2.24) is 4.90 Å². The van der Waals surface area contributed by atoms with Crippen LogP contribution in [0.25, 0.3) is 6.08 Å². The van der Waals surface area contributed by atoms with E-state index in [1.54, 1.807) is 24.3 Å². The number of thioether (sulfide) groups is 1. The predicted octanol–water partition coefficient (Wildman–Crippen LogP) is 4.40. The Morgan fingerprint density at radius 1 is 1.21 bits per heavy atom. The number of alkyl halides is 3. The Balaban J connectivity index is 1.70. The molecule has 0 bridgehead atoms. The van der Waals surface area contributed by atoms with Crippen LogP contribution in [0.5, 0.6) is 11.5 Å². The van der Waals surface area contributed by atoms with Crippen LogP contribution >= 0.6 is 11.8 Å². The van der Waals surface area contributed by atoms with Gasteiger partial charge in [0.25, 0.3) is 11.1 Å². The van der Waals surface area contributed by atoms with Crippen LogP contribution in [0.4, 0.5) is 23.7 Å². The number of benzene rings is 2. The molecular weight excluding hydrogens is 473 g/mol. The number of nitrogens with zero attached hydrogens (tertiary/aromatic N) is 1. The molecule has 2 aromatic carbocycles. The largest absolute Gasteiger partial charge is 0.495 e.